The van der Waals surface area contributed by atoms with E-state index < -0.39 is 5.60 Å². The first-order valence-electron chi connectivity index (χ1n) is 10.1. The molecule has 1 fully saturated rings. The Morgan fingerprint density at radius 3 is 2.66 bits per heavy atom. The number of guanidine groups is 1. The van der Waals surface area contributed by atoms with Gasteiger partial charge >= 0.3 is 0 Å². The predicted octanol–water partition coefficient (Wildman–Crippen LogP) is 3.91. The summed E-state index contributed by atoms with van der Waals surface area (Å²) < 4.78 is 5.63. The Hall–Kier alpha value is -1.60. The smallest absolute Gasteiger partial charge is 0.191 e. The fourth-order valence-electron chi connectivity index (χ4n) is 3.69. The molecule has 1 saturated heterocycles. The van der Waals surface area contributed by atoms with Crippen LogP contribution in [0.3, 0.4) is 0 Å². The van der Waals surface area contributed by atoms with E-state index in [9.17, 15) is 5.11 Å². The van der Waals surface area contributed by atoms with Crippen LogP contribution >= 0.6 is 22.9 Å². The van der Waals surface area contributed by atoms with E-state index in [1.165, 1.54) is 0 Å². The minimum Gasteiger partial charge on any atom is -0.383 e. The molecule has 7 heteroatoms. The molecule has 5 nitrogen and oxygen atoms in total. The van der Waals surface area contributed by atoms with Crippen molar-refractivity contribution in [1.82, 2.24) is 10.6 Å². The molecule has 1 unspecified atom stereocenters. The maximum absolute atomic E-state index is 10.8. The van der Waals surface area contributed by atoms with Crippen molar-refractivity contribution in [2.75, 3.05) is 32.8 Å². The summed E-state index contributed by atoms with van der Waals surface area (Å²) in [6.07, 6.45) is 1.80. The molecule has 1 aliphatic heterocycles. The highest BCUT2D eigenvalue weighted by atomic mass is 35.5. The lowest BCUT2D eigenvalue weighted by molar-refractivity contribution is 0.0513. The van der Waals surface area contributed by atoms with Crippen LogP contribution in [0.2, 0.25) is 5.02 Å². The molecule has 2 heterocycles. The van der Waals surface area contributed by atoms with Crippen LogP contribution in [0.5, 0.6) is 0 Å². The van der Waals surface area contributed by atoms with E-state index in [4.69, 9.17) is 16.3 Å². The van der Waals surface area contributed by atoms with E-state index in [1.807, 2.05) is 42.6 Å². The van der Waals surface area contributed by atoms with Crippen molar-refractivity contribution in [1.29, 1.82) is 0 Å². The van der Waals surface area contributed by atoms with Gasteiger partial charge in [0, 0.05) is 41.6 Å². The Kier molecular flexibility index (Phi) is 7.57. The van der Waals surface area contributed by atoms with Crippen LogP contribution in [0.15, 0.2) is 46.8 Å². The second-order valence-corrected chi connectivity index (χ2v) is 9.03. The van der Waals surface area contributed by atoms with Crippen LogP contribution in [0.25, 0.3) is 0 Å². The summed E-state index contributed by atoms with van der Waals surface area (Å²) in [7, 11) is 0. The summed E-state index contributed by atoms with van der Waals surface area (Å²) in [6, 6.07) is 11.9. The van der Waals surface area contributed by atoms with Crippen LogP contribution in [0.1, 0.15) is 37.1 Å². The van der Waals surface area contributed by atoms with Gasteiger partial charge in [-0.1, -0.05) is 35.9 Å². The zero-order valence-electron chi connectivity index (χ0n) is 17.1. The van der Waals surface area contributed by atoms with Gasteiger partial charge in [-0.3, -0.25) is 0 Å². The van der Waals surface area contributed by atoms with Crippen molar-refractivity contribution in [3.63, 3.8) is 0 Å². The molecule has 2 aromatic rings. The number of hydrogen-bond acceptors (Lipinski definition) is 4. The highest BCUT2D eigenvalue weighted by molar-refractivity contribution is 7.10. The van der Waals surface area contributed by atoms with Crippen LogP contribution in [-0.2, 0) is 15.8 Å². The average Bonchev–Trinajstić information content (AvgIpc) is 3.27. The fourth-order valence-corrected chi connectivity index (χ4v) is 4.80. The van der Waals surface area contributed by atoms with Gasteiger partial charge in [0.25, 0.3) is 0 Å². The molecule has 0 aliphatic carbocycles. The summed E-state index contributed by atoms with van der Waals surface area (Å²) in [5, 5.41) is 20.3. The lowest BCUT2D eigenvalue weighted by Crippen LogP contribution is -2.48. The van der Waals surface area contributed by atoms with Crippen LogP contribution in [0.4, 0.5) is 0 Å². The Morgan fingerprint density at radius 2 is 2.00 bits per heavy atom. The lowest BCUT2D eigenvalue weighted by Gasteiger charge is -2.39. The van der Waals surface area contributed by atoms with Gasteiger partial charge in [-0.2, -0.15) is 0 Å². The number of aliphatic imine (C=N–C) groups is 1. The molecule has 3 N–H and O–H groups in total. The maximum Gasteiger partial charge on any atom is 0.191 e. The minimum absolute atomic E-state index is 0.108. The van der Waals surface area contributed by atoms with Gasteiger partial charge in [-0.05, 0) is 49.8 Å². The molecule has 0 amide bonds. The van der Waals surface area contributed by atoms with E-state index in [0.717, 1.165) is 34.8 Å². The molecule has 3 rings (SSSR count). The first kappa shape index (κ1) is 22.1. The third-order valence-corrected chi connectivity index (χ3v) is 6.88. The van der Waals surface area contributed by atoms with Gasteiger partial charge in [-0.15, -0.1) is 11.3 Å². The molecule has 0 radical (unpaired) electrons. The summed E-state index contributed by atoms with van der Waals surface area (Å²) in [5.74, 6) is 0.697. The van der Waals surface area contributed by atoms with Gasteiger partial charge in [0.1, 0.15) is 5.60 Å². The second kappa shape index (κ2) is 9.94. The van der Waals surface area contributed by atoms with E-state index in [2.05, 4.69) is 21.7 Å². The van der Waals surface area contributed by atoms with Crippen molar-refractivity contribution >= 4 is 28.9 Å². The van der Waals surface area contributed by atoms with Crippen LogP contribution in [0, 0.1) is 0 Å². The van der Waals surface area contributed by atoms with Crippen LogP contribution < -0.4 is 10.6 Å². The third-order valence-electron chi connectivity index (χ3n) is 5.43. The van der Waals surface area contributed by atoms with Crippen molar-refractivity contribution in [2.45, 2.75) is 37.7 Å². The third kappa shape index (κ3) is 5.51. The SMILES string of the molecule is CCNC(=NCC(C)(O)c1cccs1)NCC1(c2ccccc2Cl)CCOCC1. The second-order valence-electron chi connectivity index (χ2n) is 7.67. The highest BCUT2D eigenvalue weighted by Gasteiger charge is 2.36. The van der Waals surface area contributed by atoms with E-state index in [0.29, 0.717) is 25.7 Å². The Morgan fingerprint density at radius 1 is 1.24 bits per heavy atom. The summed E-state index contributed by atoms with van der Waals surface area (Å²) in [6.45, 7) is 7.00. The largest absolute Gasteiger partial charge is 0.383 e. The monoisotopic (exact) mass is 435 g/mol. The lowest BCUT2D eigenvalue weighted by atomic mass is 9.74. The van der Waals surface area contributed by atoms with E-state index in [-0.39, 0.29) is 12.0 Å². The number of benzene rings is 1. The molecular formula is C22H30ClN3O2S. The van der Waals surface area contributed by atoms with Gasteiger partial charge in [0.2, 0.25) is 0 Å². The minimum atomic E-state index is -0.990. The van der Waals surface area contributed by atoms with E-state index in [1.54, 1.807) is 18.3 Å². The number of thiophene rings is 1. The van der Waals surface area contributed by atoms with Gasteiger partial charge in [0.15, 0.2) is 5.96 Å². The molecule has 1 aromatic carbocycles. The molecule has 0 saturated carbocycles. The number of aliphatic hydroxyl groups is 1. The number of rotatable bonds is 7. The Labute approximate surface area is 182 Å². The predicted molar refractivity (Wildman–Crippen MR) is 121 cm³/mol. The molecule has 29 heavy (non-hydrogen) atoms. The van der Waals surface area contributed by atoms with Crippen molar-refractivity contribution in [2.24, 2.45) is 4.99 Å². The number of nitrogens with one attached hydrogen (secondary N) is 2. The molecule has 0 spiro atoms. The first-order chi connectivity index (χ1) is 14.0. The fraction of sp³-hybridized carbons (Fsp3) is 0.500. The number of halogens is 1. The maximum atomic E-state index is 10.8. The Bertz CT molecular complexity index is 802. The summed E-state index contributed by atoms with van der Waals surface area (Å²) in [5.41, 5.74) is 0.0532. The molecular weight excluding hydrogens is 406 g/mol. The molecule has 1 atom stereocenters. The first-order valence-corrected chi connectivity index (χ1v) is 11.3. The molecule has 1 aromatic heterocycles. The van der Waals surface area contributed by atoms with Gasteiger partial charge in [-0.25, -0.2) is 4.99 Å². The number of nitrogens with zero attached hydrogens (tertiary/aromatic N) is 1. The summed E-state index contributed by atoms with van der Waals surface area (Å²) in [4.78, 5) is 5.57. The normalized spacial score (nSPS) is 18.8. The van der Waals surface area contributed by atoms with Crippen molar-refractivity contribution in [3.05, 3.63) is 57.2 Å². The Balaban J connectivity index is 1.76. The zero-order valence-corrected chi connectivity index (χ0v) is 18.7. The molecule has 1 aliphatic rings. The van der Waals surface area contributed by atoms with Crippen molar-refractivity contribution < 1.29 is 9.84 Å². The average molecular weight is 436 g/mol. The molecule has 0 bridgehead atoms. The summed E-state index contributed by atoms with van der Waals surface area (Å²) >= 11 is 8.10. The number of ether oxygens (including phenoxy) is 1. The van der Waals surface area contributed by atoms with Gasteiger partial charge in [0.05, 0.1) is 6.54 Å². The van der Waals surface area contributed by atoms with E-state index >= 15 is 0 Å². The highest BCUT2D eigenvalue weighted by Crippen LogP contribution is 2.38. The standard InChI is InChI=1S/C22H30ClN3O2S/c1-3-24-20(25-15-21(2,27)19-9-6-14-29-19)26-16-22(10-12-28-13-11-22)17-7-4-5-8-18(17)23/h4-9,14,27H,3,10-13,15-16H2,1-2H3,(H2,24,25,26). The zero-order chi connectivity index (χ0) is 20.7. The quantitative estimate of drug-likeness (QED) is 0.455. The van der Waals surface area contributed by atoms with Crippen LogP contribution in [-0.4, -0.2) is 43.9 Å². The van der Waals surface area contributed by atoms with Gasteiger partial charge < -0.3 is 20.5 Å². The van der Waals surface area contributed by atoms with Crippen molar-refractivity contribution in [3.8, 4) is 0 Å². The number of hydrogen-bond donors (Lipinski definition) is 3. The topological polar surface area (TPSA) is 65.9 Å². The molecule has 158 valence electrons.